The van der Waals surface area contributed by atoms with Crippen molar-refractivity contribution in [2.75, 3.05) is 5.32 Å². The minimum atomic E-state index is -1.22. The van der Waals surface area contributed by atoms with E-state index < -0.39 is 5.97 Å². The van der Waals surface area contributed by atoms with E-state index in [9.17, 15) is 14.7 Å². The van der Waals surface area contributed by atoms with Crippen LogP contribution in [-0.2, 0) is 4.79 Å². The molecule has 0 aliphatic heterocycles. The topological polar surface area (TPSA) is 110 Å². The number of carboxylic acids is 1. The second-order valence-electron chi connectivity index (χ2n) is 7.60. The van der Waals surface area contributed by atoms with Crippen LogP contribution in [0.25, 0.3) is 16.9 Å². The zero-order valence-electron chi connectivity index (χ0n) is 18.3. The van der Waals surface area contributed by atoms with Crippen molar-refractivity contribution in [1.29, 1.82) is 0 Å². The van der Waals surface area contributed by atoms with Gasteiger partial charge >= 0.3 is 5.97 Å². The molecule has 3 rings (SSSR count). The molecule has 0 unspecified atom stereocenters. The number of aromatic carboxylic acids is 1. The highest BCUT2D eigenvalue weighted by Gasteiger charge is 2.30. The summed E-state index contributed by atoms with van der Waals surface area (Å²) in [6.45, 7) is 7.67. The summed E-state index contributed by atoms with van der Waals surface area (Å²) >= 11 is 0. The molecule has 2 aromatic heterocycles. The smallest absolute Gasteiger partial charge is 0.343 e. The molecule has 31 heavy (non-hydrogen) atoms. The van der Waals surface area contributed by atoms with E-state index in [2.05, 4.69) is 15.6 Å². The van der Waals surface area contributed by atoms with Crippen LogP contribution in [0.2, 0.25) is 0 Å². The number of hydrogen-bond acceptors (Lipinski definition) is 5. The van der Waals surface area contributed by atoms with Gasteiger partial charge in [-0.3, -0.25) is 10.1 Å². The minimum Gasteiger partial charge on any atom is -0.477 e. The third-order valence-corrected chi connectivity index (χ3v) is 5.32. The number of carboxylic acid groups (broad SMARTS) is 1. The Labute approximate surface area is 181 Å². The molecule has 0 aliphatic rings. The number of hydrogen-bond donors (Lipinski definition) is 2. The third kappa shape index (κ3) is 4.52. The van der Waals surface area contributed by atoms with Crippen LogP contribution in [0.15, 0.2) is 34.9 Å². The molecule has 3 aromatic rings. The maximum Gasteiger partial charge on any atom is 0.343 e. The lowest BCUT2D eigenvalue weighted by Crippen LogP contribution is -2.23. The van der Waals surface area contributed by atoms with E-state index in [4.69, 9.17) is 4.52 Å². The van der Waals surface area contributed by atoms with Crippen molar-refractivity contribution in [3.8, 4) is 16.9 Å². The van der Waals surface area contributed by atoms with E-state index in [1.165, 1.54) is 0 Å². The summed E-state index contributed by atoms with van der Waals surface area (Å²) in [5.41, 5.74) is 2.76. The quantitative estimate of drug-likeness (QED) is 0.500. The molecule has 0 saturated heterocycles. The van der Waals surface area contributed by atoms with E-state index in [1.807, 2.05) is 51.1 Å². The van der Waals surface area contributed by atoms with Crippen LogP contribution in [0.4, 0.5) is 5.88 Å². The lowest BCUT2D eigenvalue weighted by Gasteiger charge is -2.13. The number of nitrogens with zero attached hydrogens (tertiary/aromatic N) is 3. The fraction of sp³-hybridized carbons (Fsp3) is 0.391. The minimum absolute atomic E-state index is 0.143. The molecule has 0 bridgehead atoms. The molecular formula is C23H28N4O4. The summed E-state index contributed by atoms with van der Waals surface area (Å²) in [7, 11) is 0. The van der Waals surface area contributed by atoms with Gasteiger partial charge in [-0.2, -0.15) is 5.10 Å². The predicted molar refractivity (Wildman–Crippen MR) is 117 cm³/mol. The lowest BCUT2D eigenvalue weighted by molar-refractivity contribution is -0.120. The van der Waals surface area contributed by atoms with Crippen LogP contribution in [0.5, 0.6) is 0 Å². The van der Waals surface area contributed by atoms with Gasteiger partial charge in [-0.25, -0.2) is 9.48 Å². The van der Waals surface area contributed by atoms with Gasteiger partial charge in [-0.15, -0.1) is 0 Å². The van der Waals surface area contributed by atoms with E-state index in [1.54, 1.807) is 11.6 Å². The second-order valence-corrected chi connectivity index (χ2v) is 7.60. The number of benzene rings is 1. The fourth-order valence-corrected chi connectivity index (χ4v) is 3.87. The standard InChI is InChI=1S/C23H28N4O4/c1-5-10-16(11-6-2)21(28)24-22-19(23(29)30)20(26-31-22)18-14(3)25-27(15(18)4)17-12-8-7-9-13-17/h7-9,12-13,16H,5-6,10-11H2,1-4H3,(H,24,28)(H,29,30). The molecule has 164 valence electrons. The summed E-state index contributed by atoms with van der Waals surface area (Å²) in [6, 6.07) is 9.55. The molecule has 0 radical (unpaired) electrons. The summed E-state index contributed by atoms with van der Waals surface area (Å²) in [5, 5.41) is 21.1. The first-order valence-corrected chi connectivity index (χ1v) is 10.5. The average molecular weight is 425 g/mol. The maximum atomic E-state index is 12.7. The van der Waals surface area contributed by atoms with Gasteiger partial charge in [0.25, 0.3) is 0 Å². The van der Waals surface area contributed by atoms with Gasteiger partial charge in [-0.05, 0) is 38.8 Å². The molecule has 0 saturated carbocycles. The Hall–Kier alpha value is -3.42. The largest absolute Gasteiger partial charge is 0.477 e. The van der Waals surface area contributed by atoms with Crippen molar-refractivity contribution in [2.45, 2.75) is 53.4 Å². The molecule has 2 heterocycles. The molecule has 1 aromatic carbocycles. The van der Waals surface area contributed by atoms with Gasteiger partial charge in [0, 0.05) is 11.5 Å². The van der Waals surface area contributed by atoms with E-state index in [0.29, 0.717) is 11.3 Å². The molecule has 2 N–H and O–H groups in total. The van der Waals surface area contributed by atoms with Crippen molar-refractivity contribution in [3.63, 3.8) is 0 Å². The van der Waals surface area contributed by atoms with Crippen molar-refractivity contribution in [3.05, 3.63) is 47.3 Å². The van der Waals surface area contributed by atoms with Crippen molar-refractivity contribution in [2.24, 2.45) is 5.92 Å². The molecular weight excluding hydrogens is 396 g/mol. The molecule has 0 spiro atoms. The molecule has 8 nitrogen and oxygen atoms in total. The number of anilines is 1. The number of aromatic nitrogens is 3. The third-order valence-electron chi connectivity index (χ3n) is 5.32. The SMILES string of the molecule is CCCC(CCC)C(=O)Nc1onc(-c2c(C)nn(-c3ccccc3)c2C)c1C(=O)O. The van der Waals surface area contributed by atoms with Crippen molar-refractivity contribution >= 4 is 17.8 Å². The zero-order chi connectivity index (χ0) is 22.5. The average Bonchev–Trinajstić information content (AvgIpc) is 3.28. The van der Waals surface area contributed by atoms with E-state index in [-0.39, 0.29) is 29.0 Å². The highest BCUT2D eigenvalue weighted by Crippen LogP contribution is 2.34. The van der Waals surface area contributed by atoms with Gasteiger partial charge in [0.15, 0.2) is 5.56 Å². The summed E-state index contributed by atoms with van der Waals surface area (Å²) < 4.78 is 7.05. The summed E-state index contributed by atoms with van der Waals surface area (Å²) in [6.07, 6.45) is 3.18. The Morgan fingerprint density at radius 1 is 1.13 bits per heavy atom. The highest BCUT2D eigenvalue weighted by molar-refractivity contribution is 6.04. The second kappa shape index (κ2) is 9.59. The van der Waals surface area contributed by atoms with E-state index >= 15 is 0 Å². The Morgan fingerprint density at radius 2 is 1.77 bits per heavy atom. The first-order chi connectivity index (χ1) is 14.9. The van der Waals surface area contributed by atoms with Crippen LogP contribution in [0, 0.1) is 19.8 Å². The number of carbonyl (C=O) groups excluding carboxylic acids is 1. The van der Waals surface area contributed by atoms with Crippen LogP contribution < -0.4 is 5.32 Å². The van der Waals surface area contributed by atoms with Crippen LogP contribution in [0.1, 0.15) is 61.3 Å². The Kier molecular flexibility index (Phi) is 6.89. The molecule has 8 heteroatoms. The predicted octanol–water partition coefficient (Wildman–Crippen LogP) is 5.00. The van der Waals surface area contributed by atoms with Crippen molar-refractivity contribution < 1.29 is 19.2 Å². The number of para-hydroxylation sites is 1. The molecule has 0 aliphatic carbocycles. The Morgan fingerprint density at radius 3 is 2.35 bits per heavy atom. The zero-order valence-corrected chi connectivity index (χ0v) is 18.3. The van der Waals surface area contributed by atoms with Gasteiger partial charge in [0.05, 0.1) is 17.1 Å². The number of aryl methyl sites for hydroxylation is 1. The van der Waals surface area contributed by atoms with Gasteiger partial charge in [0.2, 0.25) is 11.8 Å². The lowest BCUT2D eigenvalue weighted by atomic mass is 9.97. The number of nitrogens with one attached hydrogen (secondary N) is 1. The summed E-state index contributed by atoms with van der Waals surface area (Å²) in [5.74, 6) is -1.81. The molecule has 1 amide bonds. The number of amides is 1. The van der Waals surface area contributed by atoms with Gasteiger partial charge in [0.1, 0.15) is 5.69 Å². The van der Waals surface area contributed by atoms with E-state index in [0.717, 1.165) is 37.1 Å². The first kappa shape index (κ1) is 22.3. The monoisotopic (exact) mass is 424 g/mol. The molecule has 0 fully saturated rings. The van der Waals surface area contributed by atoms with Crippen LogP contribution in [0.3, 0.4) is 0 Å². The van der Waals surface area contributed by atoms with Gasteiger partial charge < -0.3 is 9.63 Å². The summed E-state index contributed by atoms with van der Waals surface area (Å²) in [4.78, 5) is 24.8. The fourth-order valence-electron chi connectivity index (χ4n) is 3.87. The maximum absolute atomic E-state index is 12.7. The molecule has 0 atom stereocenters. The first-order valence-electron chi connectivity index (χ1n) is 10.5. The highest BCUT2D eigenvalue weighted by atomic mass is 16.5. The normalized spacial score (nSPS) is 11.1. The number of carbonyl (C=O) groups is 2. The van der Waals surface area contributed by atoms with Crippen LogP contribution in [-0.4, -0.2) is 31.9 Å². The number of rotatable bonds is 9. The van der Waals surface area contributed by atoms with Crippen molar-refractivity contribution in [1.82, 2.24) is 14.9 Å². The Balaban J connectivity index is 2.01. The Bertz CT molecular complexity index is 1060. The van der Waals surface area contributed by atoms with Gasteiger partial charge in [-0.1, -0.05) is 50.0 Å². The van der Waals surface area contributed by atoms with Crippen LogP contribution >= 0.6 is 0 Å².